The average Bonchev–Trinajstić information content (AvgIpc) is 2.41. The zero-order chi connectivity index (χ0) is 14.0. The molecule has 1 N–H and O–H groups in total. The first-order chi connectivity index (χ1) is 9.04. The molecule has 1 aromatic carbocycles. The first kappa shape index (κ1) is 14.9. The van der Waals surface area contributed by atoms with Gasteiger partial charge in [0.25, 0.3) is 0 Å². The van der Waals surface area contributed by atoms with Crippen molar-refractivity contribution >= 4 is 21.6 Å². The van der Waals surface area contributed by atoms with E-state index in [1.807, 2.05) is 7.05 Å². The van der Waals surface area contributed by atoms with Crippen LogP contribution in [0.1, 0.15) is 45.2 Å². The summed E-state index contributed by atoms with van der Waals surface area (Å²) in [6.07, 6.45) is 2.65. The van der Waals surface area contributed by atoms with Crippen LogP contribution in [0, 0.1) is 5.92 Å². The van der Waals surface area contributed by atoms with Crippen LogP contribution in [0.3, 0.4) is 0 Å². The SMILES string of the molecule is CNC(C)c1cc(Br)ccc1N1CCCC(C)C1C. The number of nitrogens with one attached hydrogen (secondary N) is 1. The van der Waals surface area contributed by atoms with Crippen LogP contribution in [0.5, 0.6) is 0 Å². The van der Waals surface area contributed by atoms with Crippen LogP contribution >= 0.6 is 15.9 Å². The van der Waals surface area contributed by atoms with Crippen molar-refractivity contribution < 1.29 is 0 Å². The van der Waals surface area contributed by atoms with Crippen molar-refractivity contribution in [3.05, 3.63) is 28.2 Å². The van der Waals surface area contributed by atoms with Gasteiger partial charge in [-0.25, -0.2) is 0 Å². The summed E-state index contributed by atoms with van der Waals surface area (Å²) < 4.78 is 1.16. The number of anilines is 1. The lowest BCUT2D eigenvalue weighted by Gasteiger charge is -2.41. The van der Waals surface area contributed by atoms with E-state index >= 15 is 0 Å². The molecule has 1 aromatic rings. The van der Waals surface area contributed by atoms with E-state index in [9.17, 15) is 0 Å². The molecule has 2 nitrogen and oxygen atoms in total. The Balaban J connectivity index is 2.37. The summed E-state index contributed by atoms with van der Waals surface area (Å²) in [4.78, 5) is 2.59. The molecule has 0 saturated carbocycles. The molecule has 2 rings (SSSR count). The van der Waals surface area contributed by atoms with Gasteiger partial charge >= 0.3 is 0 Å². The molecule has 1 fully saturated rings. The van der Waals surface area contributed by atoms with E-state index in [1.54, 1.807) is 0 Å². The fourth-order valence-corrected chi connectivity index (χ4v) is 3.34. The molecule has 19 heavy (non-hydrogen) atoms. The molecule has 106 valence electrons. The molecule has 0 spiro atoms. The largest absolute Gasteiger partial charge is 0.368 e. The van der Waals surface area contributed by atoms with E-state index in [1.165, 1.54) is 30.6 Å². The van der Waals surface area contributed by atoms with E-state index in [0.717, 1.165) is 10.4 Å². The first-order valence-corrected chi connectivity index (χ1v) is 8.07. The molecule has 0 aliphatic carbocycles. The molecule has 1 heterocycles. The van der Waals surface area contributed by atoms with Crippen LogP contribution < -0.4 is 10.2 Å². The Labute approximate surface area is 125 Å². The Hall–Kier alpha value is -0.540. The Morgan fingerprint density at radius 1 is 1.37 bits per heavy atom. The van der Waals surface area contributed by atoms with Crippen molar-refractivity contribution in [2.75, 3.05) is 18.5 Å². The molecule has 0 aromatic heterocycles. The van der Waals surface area contributed by atoms with Gasteiger partial charge in [0.05, 0.1) is 0 Å². The van der Waals surface area contributed by atoms with E-state index in [4.69, 9.17) is 0 Å². The third-order valence-electron chi connectivity index (χ3n) is 4.57. The summed E-state index contributed by atoms with van der Waals surface area (Å²) in [5.41, 5.74) is 2.78. The zero-order valence-electron chi connectivity index (χ0n) is 12.4. The summed E-state index contributed by atoms with van der Waals surface area (Å²) in [5.74, 6) is 0.773. The van der Waals surface area contributed by atoms with Gasteiger partial charge in [-0.15, -0.1) is 0 Å². The maximum absolute atomic E-state index is 3.60. The third kappa shape index (κ3) is 3.14. The van der Waals surface area contributed by atoms with Crippen LogP contribution in [-0.2, 0) is 0 Å². The van der Waals surface area contributed by atoms with Crippen LogP contribution in [-0.4, -0.2) is 19.6 Å². The number of nitrogens with zero attached hydrogens (tertiary/aromatic N) is 1. The zero-order valence-corrected chi connectivity index (χ0v) is 14.0. The van der Waals surface area contributed by atoms with Gasteiger partial charge in [0.1, 0.15) is 0 Å². The van der Waals surface area contributed by atoms with Gasteiger partial charge < -0.3 is 10.2 Å². The molecule has 0 amide bonds. The fourth-order valence-electron chi connectivity index (χ4n) is 2.96. The topological polar surface area (TPSA) is 15.3 Å². The van der Waals surface area contributed by atoms with Crippen molar-refractivity contribution in [2.45, 2.75) is 45.7 Å². The Bertz CT molecular complexity index is 433. The molecular formula is C16H25BrN2. The molecule has 3 atom stereocenters. The summed E-state index contributed by atoms with van der Waals surface area (Å²) in [7, 11) is 2.03. The van der Waals surface area contributed by atoms with Crippen molar-refractivity contribution in [3.63, 3.8) is 0 Å². The third-order valence-corrected chi connectivity index (χ3v) is 5.07. The highest BCUT2D eigenvalue weighted by Gasteiger charge is 2.27. The highest BCUT2D eigenvalue weighted by Crippen LogP contribution is 2.34. The molecule has 3 unspecified atom stereocenters. The number of halogens is 1. The van der Waals surface area contributed by atoms with Crippen molar-refractivity contribution in [1.29, 1.82) is 0 Å². The highest BCUT2D eigenvalue weighted by atomic mass is 79.9. The summed E-state index contributed by atoms with van der Waals surface area (Å²) in [6.45, 7) is 8.14. The number of benzene rings is 1. The Morgan fingerprint density at radius 2 is 2.11 bits per heavy atom. The lowest BCUT2D eigenvalue weighted by Crippen LogP contribution is -2.43. The highest BCUT2D eigenvalue weighted by molar-refractivity contribution is 9.10. The minimum atomic E-state index is 0.372. The maximum Gasteiger partial charge on any atom is 0.0417 e. The standard InChI is InChI=1S/C16H25BrN2/c1-11-6-5-9-19(13(11)3)16-8-7-14(17)10-15(16)12(2)18-4/h7-8,10-13,18H,5-6,9H2,1-4H3. The predicted molar refractivity (Wildman–Crippen MR) is 86.8 cm³/mol. The number of piperidine rings is 1. The number of hydrogen-bond donors (Lipinski definition) is 1. The van der Waals surface area contributed by atoms with Crippen molar-refractivity contribution in [2.24, 2.45) is 5.92 Å². The molecule has 1 saturated heterocycles. The quantitative estimate of drug-likeness (QED) is 0.888. The first-order valence-electron chi connectivity index (χ1n) is 7.28. The van der Waals surface area contributed by atoms with E-state index in [2.05, 4.69) is 65.1 Å². The smallest absolute Gasteiger partial charge is 0.0417 e. The van der Waals surface area contributed by atoms with Crippen LogP contribution in [0.15, 0.2) is 22.7 Å². The second-order valence-electron chi connectivity index (χ2n) is 5.77. The van der Waals surface area contributed by atoms with Crippen LogP contribution in [0.2, 0.25) is 0 Å². The van der Waals surface area contributed by atoms with E-state index in [0.29, 0.717) is 12.1 Å². The average molecular weight is 325 g/mol. The maximum atomic E-state index is 3.60. The number of rotatable bonds is 3. The van der Waals surface area contributed by atoms with Crippen LogP contribution in [0.25, 0.3) is 0 Å². The van der Waals surface area contributed by atoms with Crippen molar-refractivity contribution in [3.8, 4) is 0 Å². The van der Waals surface area contributed by atoms with Gasteiger partial charge in [-0.3, -0.25) is 0 Å². The molecule has 1 aliphatic heterocycles. The second-order valence-corrected chi connectivity index (χ2v) is 6.68. The predicted octanol–water partition coefficient (Wildman–Crippen LogP) is 4.35. The Kier molecular flexibility index (Phi) is 4.91. The monoisotopic (exact) mass is 324 g/mol. The summed E-state index contributed by atoms with van der Waals surface area (Å²) in [6, 6.07) is 7.67. The van der Waals surface area contributed by atoms with Gasteiger partial charge in [0.15, 0.2) is 0 Å². The molecule has 0 bridgehead atoms. The van der Waals surface area contributed by atoms with Gasteiger partial charge in [0, 0.05) is 28.8 Å². The molecule has 3 heteroatoms. The van der Waals surface area contributed by atoms with E-state index < -0.39 is 0 Å². The van der Waals surface area contributed by atoms with Gasteiger partial charge in [0.2, 0.25) is 0 Å². The molecule has 0 radical (unpaired) electrons. The van der Waals surface area contributed by atoms with Gasteiger partial charge in [-0.2, -0.15) is 0 Å². The second kappa shape index (κ2) is 6.27. The van der Waals surface area contributed by atoms with E-state index in [-0.39, 0.29) is 0 Å². The normalized spacial score (nSPS) is 25.4. The molecule has 1 aliphatic rings. The number of hydrogen-bond acceptors (Lipinski definition) is 2. The minimum Gasteiger partial charge on any atom is -0.368 e. The van der Waals surface area contributed by atoms with Crippen LogP contribution in [0.4, 0.5) is 5.69 Å². The molecular weight excluding hydrogens is 300 g/mol. The lowest BCUT2D eigenvalue weighted by atomic mass is 9.90. The van der Waals surface area contributed by atoms with Gasteiger partial charge in [-0.1, -0.05) is 22.9 Å². The summed E-state index contributed by atoms with van der Waals surface area (Å²) >= 11 is 3.60. The summed E-state index contributed by atoms with van der Waals surface area (Å²) in [5, 5.41) is 3.37. The van der Waals surface area contributed by atoms with Gasteiger partial charge in [-0.05, 0) is 63.4 Å². The minimum absolute atomic E-state index is 0.372. The Morgan fingerprint density at radius 3 is 2.79 bits per heavy atom. The van der Waals surface area contributed by atoms with Crippen molar-refractivity contribution in [1.82, 2.24) is 5.32 Å². The fraction of sp³-hybridized carbons (Fsp3) is 0.625. The lowest BCUT2D eigenvalue weighted by molar-refractivity contribution is 0.362.